The van der Waals surface area contributed by atoms with Crippen LogP contribution in [-0.4, -0.2) is 38.6 Å². The van der Waals surface area contributed by atoms with Gasteiger partial charge >= 0.3 is 0 Å². The smallest absolute Gasteiger partial charge is 0.0492 e. The summed E-state index contributed by atoms with van der Waals surface area (Å²) in [4.78, 5) is 0. The summed E-state index contributed by atoms with van der Waals surface area (Å²) in [7, 11) is 1.22. The fourth-order valence-electron chi connectivity index (χ4n) is 1.50. The molecular formula is C10H19N3OS. The average Bonchev–Trinajstić information content (AvgIpc) is 2.50. The van der Waals surface area contributed by atoms with Crippen LogP contribution in [-0.2, 0) is 24.3 Å². The monoisotopic (exact) mass is 229 g/mol. The largest absolute Gasteiger partial charge is 0.313 e. The molecule has 1 aromatic heterocycles. The van der Waals surface area contributed by atoms with E-state index in [0.717, 1.165) is 13.0 Å². The van der Waals surface area contributed by atoms with Gasteiger partial charge < -0.3 is 5.32 Å². The second kappa shape index (κ2) is 6.02. The van der Waals surface area contributed by atoms with E-state index in [2.05, 4.69) is 17.3 Å². The molecule has 86 valence electrons. The minimum Gasteiger partial charge on any atom is -0.313 e. The van der Waals surface area contributed by atoms with Crippen LogP contribution >= 0.6 is 0 Å². The fraction of sp³-hybridized carbons (Fsp3) is 0.700. The quantitative estimate of drug-likeness (QED) is 0.764. The number of aromatic nitrogens is 2. The van der Waals surface area contributed by atoms with E-state index in [1.807, 2.05) is 17.8 Å². The van der Waals surface area contributed by atoms with Crippen molar-refractivity contribution in [3.8, 4) is 0 Å². The number of aryl methyl sites for hydroxylation is 1. The Labute approximate surface area is 93.5 Å². The molecule has 0 aliphatic carbocycles. The number of rotatable bonds is 6. The molecule has 0 amide bonds. The molecule has 15 heavy (non-hydrogen) atoms. The predicted molar refractivity (Wildman–Crippen MR) is 63.3 cm³/mol. The summed E-state index contributed by atoms with van der Waals surface area (Å²) in [6.45, 7) is 2.96. The van der Waals surface area contributed by atoms with Gasteiger partial charge in [0, 0.05) is 60.8 Å². The van der Waals surface area contributed by atoms with E-state index in [1.165, 1.54) is 5.69 Å². The van der Waals surface area contributed by atoms with E-state index in [-0.39, 0.29) is 0 Å². The molecule has 0 radical (unpaired) electrons. The lowest BCUT2D eigenvalue weighted by Gasteiger charge is -2.11. The van der Waals surface area contributed by atoms with Crippen molar-refractivity contribution in [1.82, 2.24) is 15.1 Å². The summed E-state index contributed by atoms with van der Waals surface area (Å²) < 4.78 is 12.8. The molecule has 2 atom stereocenters. The van der Waals surface area contributed by atoms with Gasteiger partial charge in [0.25, 0.3) is 0 Å². The Morgan fingerprint density at radius 1 is 1.67 bits per heavy atom. The van der Waals surface area contributed by atoms with Crippen LogP contribution in [0.4, 0.5) is 0 Å². The molecule has 0 aromatic carbocycles. The van der Waals surface area contributed by atoms with Crippen LogP contribution in [0.5, 0.6) is 0 Å². The highest BCUT2D eigenvalue weighted by atomic mass is 32.2. The number of nitrogens with zero attached hydrogens (tertiary/aromatic N) is 2. The second-order valence-corrected chi connectivity index (χ2v) is 5.27. The Hall–Kier alpha value is -0.680. The van der Waals surface area contributed by atoms with Crippen LogP contribution in [0.1, 0.15) is 12.6 Å². The van der Waals surface area contributed by atoms with Crippen molar-refractivity contribution < 1.29 is 4.21 Å². The van der Waals surface area contributed by atoms with Crippen LogP contribution in [0, 0.1) is 0 Å². The first kappa shape index (κ1) is 12.4. The van der Waals surface area contributed by atoms with Gasteiger partial charge in [-0.3, -0.25) is 8.89 Å². The van der Waals surface area contributed by atoms with Crippen molar-refractivity contribution in [3.63, 3.8) is 0 Å². The molecule has 0 fully saturated rings. The SMILES string of the molecule is CC(CS(C)=O)NCCc1ccnn1C. The van der Waals surface area contributed by atoms with Crippen molar-refractivity contribution in [2.75, 3.05) is 18.6 Å². The molecular weight excluding hydrogens is 210 g/mol. The Balaban J connectivity index is 2.22. The second-order valence-electron chi connectivity index (χ2n) is 3.79. The van der Waals surface area contributed by atoms with Gasteiger partial charge in [-0.05, 0) is 13.0 Å². The van der Waals surface area contributed by atoms with Crippen LogP contribution in [0.25, 0.3) is 0 Å². The van der Waals surface area contributed by atoms with Crippen LogP contribution in [0.15, 0.2) is 12.3 Å². The first-order valence-electron chi connectivity index (χ1n) is 5.10. The lowest BCUT2D eigenvalue weighted by Crippen LogP contribution is -2.32. The van der Waals surface area contributed by atoms with Crippen LogP contribution < -0.4 is 5.32 Å². The Kier molecular flexibility index (Phi) is 4.98. The fourth-order valence-corrected chi connectivity index (χ4v) is 2.33. The zero-order valence-electron chi connectivity index (χ0n) is 9.56. The molecule has 0 saturated carbocycles. The van der Waals surface area contributed by atoms with Crippen molar-refractivity contribution in [1.29, 1.82) is 0 Å². The van der Waals surface area contributed by atoms with Crippen LogP contribution in [0.2, 0.25) is 0 Å². The van der Waals surface area contributed by atoms with E-state index in [0.29, 0.717) is 11.8 Å². The molecule has 1 aromatic rings. The number of hydrogen-bond donors (Lipinski definition) is 1. The van der Waals surface area contributed by atoms with Crippen molar-refractivity contribution >= 4 is 10.8 Å². The van der Waals surface area contributed by atoms with E-state index in [9.17, 15) is 4.21 Å². The molecule has 0 aliphatic heterocycles. The van der Waals surface area contributed by atoms with Gasteiger partial charge in [0.05, 0.1) is 0 Å². The number of hydrogen-bond acceptors (Lipinski definition) is 3. The molecule has 0 aliphatic rings. The van der Waals surface area contributed by atoms with E-state index in [1.54, 1.807) is 12.5 Å². The molecule has 0 bridgehead atoms. The van der Waals surface area contributed by atoms with Gasteiger partial charge in [-0.2, -0.15) is 5.10 Å². The zero-order valence-corrected chi connectivity index (χ0v) is 10.4. The topological polar surface area (TPSA) is 46.9 Å². The first-order chi connectivity index (χ1) is 7.09. The standard InChI is InChI=1S/C10H19N3OS/c1-9(8-15(3)14)11-6-4-10-5-7-12-13(10)2/h5,7,9,11H,4,6,8H2,1-3H3. The van der Waals surface area contributed by atoms with Gasteiger partial charge in [0.2, 0.25) is 0 Å². The maximum absolute atomic E-state index is 11.0. The van der Waals surface area contributed by atoms with Gasteiger partial charge in [-0.15, -0.1) is 0 Å². The Bertz CT molecular complexity index is 324. The lowest BCUT2D eigenvalue weighted by molar-refractivity contribution is 0.575. The average molecular weight is 229 g/mol. The van der Waals surface area contributed by atoms with Gasteiger partial charge in [-0.25, -0.2) is 0 Å². The molecule has 1 rings (SSSR count). The Morgan fingerprint density at radius 2 is 2.40 bits per heavy atom. The zero-order chi connectivity index (χ0) is 11.3. The van der Waals surface area contributed by atoms with Crippen molar-refractivity contribution in [2.24, 2.45) is 7.05 Å². The van der Waals surface area contributed by atoms with Gasteiger partial charge in [0.15, 0.2) is 0 Å². The third-order valence-electron chi connectivity index (χ3n) is 2.28. The summed E-state index contributed by atoms with van der Waals surface area (Å²) in [5.41, 5.74) is 1.22. The molecule has 1 N–H and O–H groups in total. The maximum Gasteiger partial charge on any atom is 0.0492 e. The predicted octanol–water partition coefficient (Wildman–Crippen LogP) is 0.319. The summed E-state index contributed by atoms with van der Waals surface area (Å²) in [5, 5.41) is 7.45. The molecule has 0 spiro atoms. The van der Waals surface area contributed by atoms with E-state index < -0.39 is 10.8 Å². The summed E-state index contributed by atoms with van der Waals surface area (Å²) in [6.07, 6.45) is 4.50. The number of nitrogens with one attached hydrogen (secondary N) is 1. The maximum atomic E-state index is 11.0. The van der Waals surface area contributed by atoms with E-state index >= 15 is 0 Å². The summed E-state index contributed by atoms with van der Waals surface area (Å²) >= 11 is 0. The van der Waals surface area contributed by atoms with Gasteiger partial charge in [0.1, 0.15) is 0 Å². The Morgan fingerprint density at radius 3 is 2.93 bits per heavy atom. The van der Waals surface area contributed by atoms with Gasteiger partial charge in [-0.1, -0.05) is 0 Å². The third kappa shape index (κ3) is 4.57. The third-order valence-corrected chi connectivity index (χ3v) is 3.25. The molecule has 4 nitrogen and oxygen atoms in total. The van der Waals surface area contributed by atoms with Crippen LogP contribution in [0.3, 0.4) is 0 Å². The first-order valence-corrected chi connectivity index (χ1v) is 6.82. The molecule has 2 unspecified atom stereocenters. The summed E-state index contributed by atoms with van der Waals surface area (Å²) in [6, 6.07) is 2.33. The lowest BCUT2D eigenvalue weighted by atomic mass is 10.3. The minimum atomic E-state index is -0.720. The summed E-state index contributed by atoms with van der Waals surface area (Å²) in [5.74, 6) is 0.714. The molecule has 5 heteroatoms. The highest BCUT2D eigenvalue weighted by molar-refractivity contribution is 7.84. The highest BCUT2D eigenvalue weighted by Crippen LogP contribution is 1.96. The highest BCUT2D eigenvalue weighted by Gasteiger charge is 2.04. The normalized spacial score (nSPS) is 15.1. The molecule has 1 heterocycles. The molecule has 0 saturated heterocycles. The van der Waals surface area contributed by atoms with Crippen molar-refractivity contribution in [2.45, 2.75) is 19.4 Å². The minimum absolute atomic E-state index is 0.309. The van der Waals surface area contributed by atoms with Crippen molar-refractivity contribution in [3.05, 3.63) is 18.0 Å². The van der Waals surface area contributed by atoms with E-state index in [4.69, 9.17) is 0 Å².